The van der Waals surface area contributed by atoms with E-state index in [-0.39, 0.29) is 0 Å². The Labute approximate surface area is 152 Å². The Balaban J connectivity index is 1.46. The molecule has 1 aliphatic rings. The van der Waals surface area contributed by atoms with Gasteiger partial charge in [0.2, 0.25) is 0 Å². The van der Waals surface area contributed by atoms with Gasteiger partial charge in [-0.05, 0) is 31.2 Å². The molecule has 4 rings (SSSR count). The van der Waals surface area contributed by atoms with E-state index in [2.05, 4.69) is 48.2 Å². The van der Waals surface area contributed by atoms with Crippen LogP contribution in [-0.4, -0.2) is 38.3 Å². The Kier molecular flexibility index (Phi) is 4.59. The highest BCUT2D eigenvalue weighted by Crippen LogP contribution is 2.28. The van der Waals surface area contributed by atoms with Crippen LogP contribution in [0.5, 0.6) is 5.75 Å². The second-order valence-electron chi connectivity index (χ2n) is 6.56. The van der Waals surface area contributed by atoms with Gasteiger partial charge in [0.05, 0.1) is 49.2 Å². The fourth-order valence-corrected chi connectivity index (χ4v) is 4.69. The number of rotatable bonds is 4. The zero-order chi connectivity index (χ0) is 17.2. The van der Waals surface area contributed by atoms with E-state index in [0.29, 0.717) is 6.04 Å². The van der Waals surface area contributed by atoms with Crippen LogP contribution >= 0.6 is 11.3 Å². The molecular weight excluding hydrogens is 330 g/mol. The maximum Gasteiger partial charge on any atom is 0.151 e. The zero-order valence-corrected chi connectivity index (χ0v) is 15.6. The van der Waals surface area contributed by atoms with Crippen molar-refractivity contribution in [1.82, 2.24) is 4.98 Å². The van der Waals surface area contributed by atoms with E-state index in [1.165, 1.54) is 15.4 Å². The van der Waals surface area contributed by atoms with Crippen LogP contribution in [0.15, 0.2) is 48.5 Å². The van der Waals surface area contributed by atoms with Crippen molar-refractivity contribution in [3.8, 4) is 5.75 Å². The Hall–Kier alpha value is -2.11. The van der Waals surface area contributed by atoms with Gasteiger partial charge in [-0.1, -0.05) is 24.3 Å². The summed E-state index contributed by atoms with van der Waals surface area (Å²) in [6.45, 7) is 6.64. The van der Waals surface area contributed by atoms with Crippen LogP contribution in [-0.2, 0) is 0 Å². The topological polar surface area (TPSA) is 29.8 Å². The number of thiazole rings is 1. The molecule has 0 unspecified atom stereocenters. The van der Waals surface area contributed by atoms with E-state index in [0.717, 1.165) is 37.4 Å². The zero-order valence-electron chi connectivity index (χ0n) is 14.7. The van der Waals surface area contributed by atoms with Crippen molar-refractivity contribution in [3.63, 3.8) is 0 Å². The number of nitrogens with zero attached hydrogens (tertiary/aromatic N) is 2. The number of quaternary nitrogens is 1. The molecule has 0 spiro atoms. The summed E-state index contributed by atoms with van der Waals surface area (Å²) in [5.74, 6) is 0.963. The first-order chi connectivity index (χ1) is 12.3. The molecule has 0 aliphatic carbocycles. The molecule has 4 nitrogen and oxygen atoms in total. The molecule has 2 aromatic carbocycles. The molecule has 0 bridgehead atoms. The van der Waals surface area contributed by atoms with Crippen molar-refractivity contribution >= 4 is 27.2 Å². The number of hydrogen-bond acceptors (Lipinski definition) is 4. The molecule has 1 saturated heterocycles. The first-order valence-corrected chi connectivity index (χ1v) is 9.66. The van der Waals surface area contributed by atoms with Crippen LogP contribution < -0.4 is 14.5 Å². The molecule has 25 heavy (non-hydrogen) atoms. The smallest absolute Gasteiger partial charge is 0.151 e. The molecule has 1 fully saturated rings. The average molecular weight is 354 g/mol. The van der Waals surface area contributed by atoms with Crippen molar-refractivity contribution in [2.24, 2.45) is 0 Å². The molecule has 130 valence electrons. The molecule has 0 radical (unpaired) electrons. The van der Waals surface area contributed by atoms with Gasteiger partial charge in [-0.15, -0.1) is 11.3 Å². The van der Waals surface area contributed by atoms with Gasteiger partial charge in [0.1, 0.15) is 11.8 Å². The summed E-state index contributed by atoms with van der Waals surface area (Å²) in [5, 5.41) is 1.25. The lowest BCUT2D eigenvalue weighted by Gasteiger charge is -2.36. The normalized spacial score (nSPS) is 17.0. The maximum atomic E-state index is 5.52. The number of aromatic nitrogens is 1. The molecule has 0 saturated carbocycles. The predicted octanol–water partition coefficient (Wildman–Crippen LogP) is 2.77. The van der Waals surface area contributed by atoms with Crippen molar-refractivity contribution < 1.29 is 9.64 Å². The molecule has 1 aromatic heterocycles. The van der Waals surface area contributed by atoms with Gasteiger partial charge in [0, 0.05) is 0 Å². The Morgan fingerprint density at radius 1 is 1.08 bits per heavy atom. The number of benzene rings is 2. The third-order valence-corrected chi connectivity index (χ3v) is 6.34. The second-order valence-corrected chi connectivity index (χ2v) is 7.62. The van der Waals surface area contributed by atoms with E-state index in [1.54, 1.807) is 12.0 Å². The lowest BCUT2D eigenvalue weighted by molar-refractivity contribution is -0.930. The summed E-state index contributed by atoms with van der Waals surface area (Å²) in [6, 6.07) is 17.2. The fraction of sp³-hybridized carbons (Fsp3) is 0.350. The Bertz CT molecular complexity index is 822. The molecule has 2 heterocycles. The highest BCUT2D eigenvalue weighted by atomic mass is 32.1. The average Bonchev–Trinajstić information content (AvgIpc) is 3.12. The first-order valence-electron chi connectivity index (χ1n) is 8.84. The minimum atomic E-state index is 0.442. The van der Waals surface area contributed by atoms with E-state index < -0.39 is 0 Å². The SMILES string of the molecule is COc1ccccc1N1CC[NH+]([C@H](C)c2nc3ccccc3s2)CC1. The van der Waals surface area contributed by atoms with E-state index in [1.807, 2.05) is 23.5 Å². The summed E-state index contributed by atoms with van der Waals surface area (Å²) in [7, 11) is 1.75. The highest BCUT2D eigenvalue weighted by Gasteiger charge is 2.28. The number of methoxy groups -OCH3 is 1. The number of hydrogen-bond donors (Lipinski definition) is 1. The van der Waals surface area contributed by atoms with Gasteiger partial charge >= 0.3 is 0 Å². The summed E-state index contributed by atoms with van der Waals surface area (Å²) in [4.78, 5) is 8.91. The van der Waals surface area contributed by atoms with Crippen LogP contribution in [0.1, 0.15) is 18.0 Å². The van der Waals surface area contributed by atoms with Gasteiger partial charge in [0.25, 0.3) is 0 Å². The van der Waals surface area contributed by atoms with Crippen LogP contribution in [0, 0.1) is 0 Å². The van der Waals surface area contributed by atoms with Crippen molar-refractivity contribution in [2.45, 2.75) is 13.0 Å². The summed E-state index contributed by atoms with van der Waals surface area (Å²) in [5.41, 5.74) is 2.33. The molecule has 3 aromatic rings. The van der Waals surface area contributed by atoms with Crippen molar-refractivity contribution in [2.75, 3.05) is 38.2 Å². The molecule has 1 atom stereocenters. The summed E-state index contributed by atoms with van der Waals surface area (Å²) >= 11 is 1.84. The molecular formula is C20H24N3OS+. The quantitative estimate of drug-likeness (QED) is 0.781. The van der Waals surface area contributed by atoms with Gasteiger partial charge in [-0.3, -0.25) is 0 Å². The third kappa shape index (κ3) is 3.22. The standard InChI is InChI=1S/C20H23N3OS/c1-15(20-21-16-7-3-6-10-19(16)25-20)22-11-13-23(14-12-22)17-8-4-5-9-18(17)24-2/h3-10,15H,11-14H2,1-2H3/p+1/t15-/m1/s1. The van der Waals surface area contributed by atoms with Gasteiger partial charge in [-0.2, -0.15) is 0 Å². The van der Waals surface area contributed by atoms with Crippen LogP contribution in [0.3, 0.4) is 0 Å². The Morgan fingerprint density at radius 3 is 2.56 bits per heavy atom. The molecule has 1 N–H and O–H groups in total. The van der Waals surface area contributed by atoms with Crippen LogP contribution in [0.25, 0.3) is 10.2 Å². The molecule has 5 heteroatoms. The minimum absolute atomic E-state index is 0.442. The van der Waals surface area contributed by atoms with Crippen LogP contribution in [0.2, 0.25) is 0 Å². The van der Waals surface area contributed by atoms with Crippen molar-refractivity contribution in [1.29, 1.82) is 0 Å². The van der Waals surface area contributed by atoms with Gasteiger partial charge in [0.15, 0.2) is 5.01 Å². The van der Waals surface area contributed by atoms with Crippen molar-refractivity contribution in [3.05, 3.63) is 53.5 Å². The number of anilines is 1. The largest absolute Gasteiger partial charge is 0.495 e. The third-order valence-electron chi connectivity index (χ3n) is 5.12. The summed E-state index contributed by atoms with van der Waals surface area (Å²) in [6.07, 6.45) is 0. The number of piperazine rings is 1. The predicted molar refractivity (Wildman–Crippen MR) is 104 cm³/mol. The van der Waals surface area contributed by atoms with Gasteiger partial charge < -0.3 is 14.5 Å². The molecule has 1 aliphatic heterocycles. The maximum absolute atomic E-state index is 5.52. The lowest BCUT2D eigenvalue weighted by atomic mass is 10.2. The number of ether oxygens (including phenoxy) is 1. The second kappa shape index (κ2) is 7.02. The van der Waals surface area contributed by atoms with E-state index in [9.17, 15) is 0 Å². The summed E-state index contributed by atoms with van der Waals surface area (Å²) < 4.78 is 6.81. The number of nitrogens with one attached hydrogen (secondary N) is 1. The van der Waals surface area contributed by atoms with Crippen LogP contribution in [0.4, 0.5) is 5.69 Å². The molecule has 0 amide bonds. The lowest BCUT2D eigenvalue weighted by Crippen LogP contribution is -3.14. The van der Waals surface area contributed by atoms with Gasteiger partial charge in [-0.25, -0.2) is 4.98 Å². The first kappa shape index (κ1) is 16.4. The fourth-order valence-electron chi connectivity index (χ4n) is 3.61. The number of fused-ring (bicyclic) bond motifs is 1. The monoisotopic (exact) mass is 354 g/mol. The van der Waals surface area contributed by atoms with E-state index >= 15 is 0 Å². The number of para-hydroxylation sites is 3. The van der Waals surface area contributed by atoms with E-state index in [4.69, 9.17) is 9.72 Å². The highest BCUT2D eigenvalue weighted by molar-refractivity contribution is 7.18. The Morgan fingerprint density at radius 2 is 1.80 bits per heavy atom. The minimum Gasteiger partial charge on any atom is -0.495 e.